The molecule has 0 bridgehead atoms. The Labute approximate surface area is 158 Å². The Bertz CT molecular complexity index is 1040. The van der Waals surface area contributed by atoms with Gasteiger partial charge in [0.25, 0.3) is 0 Å². The molecule has 27 heavy (non-hydrogen) atoms. The molecule has 1 saturated heterocycles. The van der Waals surface area contributed by atoms with Crippen molar-refractivity contribution in [1.82, 2.24) is 9.47 Å². The molecule has 0 radical (unpaired) electrons. The van der Waals surface area contributed by atoms with Crippen LogP contribution in [0, 0.1) is 12.7 Å². The summed E-state index contributed by atoms with van der Waals surface area (Å²) in [6.45, 7) is 5.78. The van der Waals surface area contributed by atoms with E-state index in [-0.39, 0.29) is 11.2 Å². The minimum atomic E-state index is -0.176. The van der Waals surface area contributed by atoms with Gasteiger partial charge in [0.2, 0.25) is 0 Å². The highest BCUT2D eigenvalue weighted by atomic mass is 19.1. The van der Waals surface area contributed by atoms with E-state index in [1.807, 2.05) is 50.4 Å². The molecular weight excluding hydrogens is 341 g/mol. The molecule has 3 aromatic rings. The molecule has 0 atom stereocenters. The third-order valence-electron chi connectivity index (χ3n) is 5.67. The molecule has 4 nitrogen and oxygen atoms in total. The average molecular weight is 365 g/mol. The molecular formula is C22H24FN3O. The quantitative estimate of drug-likeness (QED) is 0.713. The van der Waals surface area contributed by atoms with Gasteiger partial charge in [-0.25, -0.2) is 4.39 Å². The zero-order chi connectivity index (χ0) is 19.0. The fourth-order valence-electron chi connectivity index (χ4n) is 3.93. The fourth-order valence-corrected chi connectivity index (χ4v) is 3.93. The Morgan fingerprint density at radius 3 is 2.37 bits per heavy atom. The molecule has 1 aliphatic rings. The number of halogens is 1. The van der Waals surface area contributed by atoms with Crippen molar-refractivity contribution in [2.24, 2.45) is 7.05 Å². The van der Waals surface area contributed by atoms with Crippen LogP contribution in [0.15, 0.2) is 53.3 Å². The van der Waals surface area contributed by atoms with E-state index in [1.165, 1.54) is 6.07 Å². The van der Waals surface area contributed by atoms with Gasteiger partial charge in [0.1, 0.15) is 5.82 Å². The van der Waals surface area contributed by atoms with Crippen LogP contribution >= 0.6 is 0 Å². The summed E-state index contributed by atoms with van der Waals surface area (Å²) < 4.78 is 16.1. The Balaban J connectivity index is 1.55. The van der Waals surface area contributed by atoms with E-state index in [4.69, 9.17) is 0 Å². The van der Waals surface area contributed by atoms with Gasteiger partial charge < -0.3 is 9.47 Å². The Kier molecular flexibility index (Phi) is 4.70. The van der Waals surface area contributed by atoms with Crippen LogP contribution in [0.25, 0.3) is 10.9 Å². The number of para-hydroxylation sites is 2. The molecule has 1 fully saturated rings. The van der Waals surface area contributed by atoms with Crippen molar-refractivity contribution in [3.8, 4) is 0 Å². The number of aryl methyl sites for hydroxylation is 1. The van der Waals surface area contributed by atoms with Crippen molar-refractivity contribution in [3.63, 3.8) is 0 Å². The van der Waals surface area contributed by atoms with Gasteiger partial charge in [0.15, 0.2) is 5.43 Å². The van der Waals surface area contributed by atoms with E-state index < -0.39 is 0 Å². The fraction of sp³-hybridized carbons (Fsp3) is 0.318. The van der Waals surface area contributed by atoms with Crippen LogP contribution in [0.1, 0.15) is 11.3 Å². The Morgan fingerprint density at radius 2 is 1.63 bits per heavy atom. The SMILES string of the molecule is Cc1c(CN2CCN(c3ccccc3F)CC2)c(=O)c2ccccc2n1C. The van der Waals surface area contributed by atoms with Crippen molar-refractivity contribution in [3.05, 3.63) is 75.8 Å². The van der Waals surface area contributed by atoms with Gasteiger partial charge in [-0.2, -0.15) is 0 Å². The molecule has 140 valence electrons. The number of anilines is 1. The van der Waals surface area contributed by atoms with Crippen LogP contribution in [-0.2, 0) is 13.6 Å². The maximum absolute atomic E-state index is 14.0. The van der Waals surface area contributed by atoms with E-state index in [9.17, 15) is 9.18 Å². The summed E-state index contributed by atoms with van der Waals surface area (Å²) in [5.41, 5.74) is 3.62. The largest absolute Gasteiger partial charge is 0.367 e. The Morgan fingerprint density at radius 1 is 0.963 bits per heavy atom. The first-order valence-electron chi connectivity index (χ1n) is 9.35. The van der Waals surface area contributed by atoms with Gasteiger partial charge in [-0.3, -0.25) is 9.69 Å². The predicted molar refractivity (Wildman–Crippen MR) is 108 cm³/mol. The molecule has 0 aliphatic carbocycles. The van der Waals surface area contributed by atoms with E-state index in [0.717, 1.165) is 48.3 Å². The van der Waals surface area contributed by atoms with Crippen LogP contribution in [-0.4, -0.2) is 35.6 Å². The zero-order valence-corrected chi connectivity index (χ0v) is 15.8. The summed E-state index contributed by atoms with van der Waals surface area (Å²) in [6.07, 6.45) is 0. The summed E-state index contributed by atoms with van der Waals surface area (Å²) in [5.74, 6) is -0.176. The molecule has 2 heterocycles. The summed E-state index contributed by atoms with van der Waals surface area (Å²) in [4.78, 5) is 17.4. The van der Waals surface area contributed by atoms with Gasteiger partial charge >= 0.3 is 0 Å². The van der Waals surface area contributed by atoms with Crippen molar-refractivity contribution in [2.45, 2.75) is 13.5 Å². The van der Waals surface area contributed by atoms with E-state index in [0.29, 0.717) is 12.2 Å². The number of pyridine rings is 1. The minimum absolute atomic E-state index is 0.123. The third kappa shape index (κ3) is 3.23. The first-order chi connectivity index (χ1) is 13.1. The van der Waals surface area contributed by atoms with Crippen LogP contribution < -0.4 is 10.3 Å². The van der Waals surface area contributed by atoms with Crippen LogP contribution in [0.2, 0.25) is 0 Å². The van der Waals surface area contributed by atoms with E-state index in [2.05, 4.69) is 14.4 Å². The summed E-state index contributed by atoms with van der Waals surface area (Å²) in [7, 11) is 2.01. The number of nitrogens with zero attached hydrogens (tertiary/aromatic N) is 3. The van der Waals surface area contributed by atoms with Crippen LogP contribution in [0.3, 0.4) is 0 Å². The number of hydrogen-bond donors (Lipinski definition) is 0. The van der Waals surface area contributed by atoms with E-state index in [1.54, 1.807) is 6.07 Å². The zero-order valence-electron chi connectivity index (χ0n) is 15.8. The monoisotopic (exact) mass is 365 g/mol. The second-order valence-corrected chi connectivity index (χ2v) is 7.18. The molecule has 0 saturated carbocycles. The number of hydrogen-bond acceptors (Lipinski definition) is 3. The second kappa shape index (κ2) is 7.16. The molecule has 5 heteroatoms. The molecule has 0 amide bonds. The number of aromatic nitrogens is 1. The molecule has 2 aromatic carbocycles. The average Bonchev–Trinajstić information content (AvgIpc) is 2.70. The van der Waals surface area contributed by atoms with E-state index >= 15 is 0 Å². The van der Waals surface area contributed by atoms with Gasteiger partial charge in [-0.05, 0) is 31.2 Å². The number of rotatable bonds is 3. The molecule has 1 aromatic heterocycles. The number of benzene rings is 2. The maximum atomic E-state index is 14.0. The lowest BCUT2D eigenvalue weighted by Gasteiger charge is -2.36. The lowest BCUT2D eigenvalue weighted by molar-refractivity contribution is 0.247. The predicted octanol–water partition coefficient (Wildman–Crippen LogP) is 3.31. The van der Waals surface area contributed by atoms with Crippen molar-refractivity contribution in [1.29, 1.82) is 0 Å². The highest BCUT2D eigenvalue weighted by molar-refractivity contribution is 5.80. The highest BCUT2D eigenvalue weighted by Gasteiger charge is 2.21. The molecule has 0 N–H and O–H groups in total. The Hall–Kier alpha value is -2.66. The van der Waals surface area contributed by atoms with Crippen molar-refractivity contribution >= 4 is 16.6 Å². The van der Waals surface area contributed by atoms with Crippen LogP contribution in [0.5, 0.6) is 0 Å². The first-order valence-corrected chi connectivity index (χ1v) is 9.35. The van der Waals surface area contributed by atoms with Gasteiger partial charge in [-0.15, -0.1) is 0 Å². The molecule has 0 spiro atoms. The normalized spacial score (nSPS) is 15.4. The number of piperazine rings is 1. The van der Waals surface area contributed by atoms with Crippen molar-refractivity contribution in [2.75, 3.05) is 31.1 Å². The topological polar surface area (TPSA) is 28.5 Å². The maximum Gasteiger partial charge on any atom is 0.194 e. The minimum Gasteiger partial charge on any atom is -0.367 e. The third-order valence-corrected chi connectivity index (χ3v) is 5.67. The standard InChI is InChI=1S/C22H24FN3O/c1-16-18(22(27)17-7-3-5-9-20(17)24(16)2)15-25-11-13-26(14-12-25)21-10-6-4-8-19(21)23/h3-10H,11-15H2,1-2H3. The molecule has 1 aliphatic heterocycles. The van der Waals surface area contributed by atoms with Crippen molar-refractivity contribution < 1.29 is 4.39 Å². The van der Waals surface area contributed by atoms with Crippen LogP contribution in [0.4, 0.5) is 10.1 Å². The van der Waals surface area contributed by atoms with Gasteiger partial charge in [0.05, 0.1) is 11.2 Å². The lowest BCUT2D eigenvalue weighted by atomic mass is 10.1. The summed E-state index contributed by atoms with van der Waals surface area (Å²) in [6, 6.07) is 14.7. The molecule has 0 unspecified atom stereocenters. The highest BCUT2D eigenvalue weighted by Crippen LogP contribution is 2.21. The lowest BCUT2D eigenvalue weighted by Crippen LogP contribution is -2.46. The smallest absolute Gasteiger partial charge is 0.194 e. The first kappa shape index (κ1) is 17.7. The molecule has 4 rings (SSSR count). The number of fused-ring (bicyclic) bond motifs is 1. The summed E-state index contributed by atoms with van der Waals surface area (Å²) in [5, 5.41) is 0.769. The van der Waals surface area contributed by atoms with Gasteiger partial charge in [0, 0.05) is 56.4 Å². The second-order valence-electron chi connectivity index (χ2n) is 7.18. The summed E-state index contributed by atoms with van der Waals surface area (Å²) >= 11 is 0. The van der Waals surface area contributed by atoms with Gasteiger partial charge in [-0.1, -0.05) is 24.3 Å².